The maximum Gasteiger partial charge on any atom is 0.144 e. The van der Waals surface area contributed by atoms with E-state index in [9.17, 15) is 0 Å². The number of furan rings is 3. The Morgan fingerprint density at radius 3 is 1.71 bits per heavy atom. The van der Waals surface area contributed by atoms with Crippen molar-refractivity contribution in [3.05, 3.63) is 212 Å². The lowest BCUT2D eigenvalue weighted by atomic mass is 9.95. The Balaban J connectivity index is 0.961. The Bertz CT molecular complexity index is 4170. The highest BCUT2D eigenvalue weighted by molar-refractivity contribution is 7.26. The molecule has 0 atom stereocenters. The molecule has 4 aromatic heterocycles. The standard InChI is InChI=1S/C60H35NO3S/c1-2-12-36(13-3-1)37-24-28-39(29-25-37)61(40-30-26-38(27-31-40)42-17-10-18-46-43-14-4-7-21-51(43)63-58(42)46)41-32-33-44-50-35-54-56(48-16-5-8-22-52(48)62-54)57(59(50)64-53(44)34-41)49-20-11-19-47-45-15-6-9-23-55(45)65-60(47)49/h1-35H. The number of thiophene rings is 1. The van der Waals surface area contributed by atoms with Crippen LogP contribution in [0.4, 0.5) is 17.1 Å². The van der Waals surface area contributed by atoms with Crippen LogP contribution in [-0.2, 0) is 0 Å². The van der Waals surface area contributed by atoms with Gasteiger partial charge >= 0.3 is 0 Å². The molecule has 0 aliphatic heterocycles. The number of benzene rings is 10. The summed E-state index contributed by atoms with van der Waals surface area (Å²) in [6.07, 6.45) is 0. The van der Waals surface area contributed by atoms with Crippen LogP contribution in [-0.4, -0.2) is 0 Å². The molecule has 10 aromatic carbocycles. The predicted molar refractivity (Wildman–Crippen MR) is 272 cm³/mol. The van der Waals surface area contributed by atoms with E-state index in [-0.39, 0.29) is 0 Å². The van der Waals surface area contributed by atoms with Crippen LogP contribution in [0.2, 0.25) is 0 Å². The zero-order chi connectivity index (χ0) is 42.6. The lowest BCUT2D eigenvalue weighted by molar-refractivity contribution is 0.664. The number of para-hydroxylation sites is 3. The molecule has 0 spiro atoms. The number of hydrogen-bond acceptors (Lipinski definition) is 5. The molecule has 0 amide bonds. The molecule has 65 heavy (non-hydrogen) atoms. The van der Waals surface area contributed by atoms with Crippen LogP contribution in [0, 0.1) is 0 Å². The lowest BCUT2D eigenvalue weighted by Gasteiger charge is -2.26. The Hall–Kier alpha value is -8.38. The molecular weight excluding hydrogens is 815 g/mol. The van der Waals surface area contributed by atoms with Crippen molar-refractivity contribution in [3.63, 3.8) is 0 Å². The van der Waals surface area contributed by atoms with E-state index in [1.165, 1.54) is 25.7 Å². The van der Waals surface area contributed by atoms with Crippen molar-refractivity contribution in [2.24, 2.45) is 0 Å². The van der Waals surface area contributed by atoms with E-state index < -0.39 is 0 Å². The van der Waals surface area contributed by atoms with E-state index in [1.54, 1.807) is 0 Å². The predicted octanol–water partition coefficient (Wildman–Crippen LogP) is 18.2. The van der Waals surface area contributed by atoms with Crippen LogP contribution in [0.25, 0.3) is 119 Å². The fraction of sp³-hybridized carbons (Fsp3) is 0. The van der Waals surface area contributed by atoms with E-state index in [1.807, 2.05) is 29.5 Å². The maximum absolute atomic E-state index is 7.20. The SMILES string of the molecule is c1ccc(-c2ccc(N(c3ccc(-c4cccc5c4oc4ccccc45)cc3)c3ccc4c(c3)oc3c(-c5cccc6c5sc5ccccc56)c5c(cc34)oc3ccccc35)cc2)cc1. The first-order valence-electron chi connectivity index (χ1n) is 21.9. The summed E-state index contributed by atoms with van der Waals surface area (Å²) in [5.41, 5.74) is 14.9. The summed E-state index contributed by atoms with van der Waals surface area (Å²) in [7, 11) is 0. The van der Waals surface area contributed by atoms with E-state index in [0.29, 0.717) is 0 Å². The van der Waals surface area contributed by atoms with Crippen LogP contribution < -0.4 is 4.90 Å². The molecule has 0 saturated carbocycles. The summed E-state index contributed by atoms with van der Waals surface area (Å²) in [5.74, 6) is 0. The van der Waals surface area contributed by atoms with Crippen molar-refractivity contribution in [1.82, 2.24) is 0 Å². The highest BCUT2D eigenvalue weighted by atomic mass is 32.1. The molecular formula is C60H35NO3S. The maximum atomic E-state index is 7.20. The van der Waals surface area contributed by atoms with Crippen LogP contribution in [0.5, 0.6) is 0 Å². The van der Waals surface area contributed by atoms with Gasteiger partial charge in [-0.2, -0.15) is 0 Å². The minimum atomic E-state index is 0.804. The second kappa shape index (κ2) is 14.1. The van der Waals surface area contributed by atoms with Gasteiger partial charge in [-0.05, 0) is 77.4 Å². The van der Waals surface area contributed by atoms with Crippen molar-refractivity contribution >= 4 is 114 Å². The van der Waals surface area contributed by atoms with Gasteiger partial charge in [0.2, 0.25) is 0 Å². The minimum absolute atomic E-state index is 0.804. The fourth-order valence-electron chi connectivity index (χ4n) is 10.1. The second-order valence-electron chi connectivity index (χ2n) is 16.7. The summed E-state index contributed by atoms with van der Waals surface area (Å²) in [6.45, 7) is 0. The van der Waals surface area contributed by atoms with Gasteiger partial charge in [-0.25, -0.2) is 0 Å². The topological polar surface area (TPSA) is 42.7 Å². The van der Waals surface area contributed by atoms with Gasteiger partial charge in [0.25, 0.3) is 0 Å². The number of fused-ring (bicyclic) bond motifs is 12. The first kappa shape index (κ1) is 36.1. The molecule has 0 bridgehead atoms. The average molecular weight is 850 g/mol. The number of hydrogen-bond donors (Lipinski definition) is 0. The fourth-order valence-corrected chi connectivity index (χ4v) is 11.3. The number of anilines is 3. The van der Waals surface area contributed by atoms with Gasteiger partial charge in [-0.1, -0.05) is 146 Å². The third-order valence-electron chi connectivity index (χ3n) is 13.1. The molecule has 0 radical (unpaired) electrons. The Kier molecular flexibility index (Phi) is 7.82. The number of rotatable bonds is 6. The van der Waals surface area contributed by atoms with Gasteiger partial charge in [0.1, 0.15) is 33.5 Å². The van der Waals surface area contributed by atoms with Crippen LogP contribution in [0.15, 0.2) is 226 Å². The van der Waals surface area contributed by atoms with Gasteiger partial charge in [0.05, 0.1) is 0 Å². The third-order valence-corrected chi connectivity index (χ3v) is 14.3. The van der Waals surface area contributed by atoms with Crippen molar-refractivity contribution in [2.75, 3.05) is 4.90 Å². The smallest absolute Gasteiger partial charge is 0.144 e. The molecule has 4 heterocycles. The minimum Gasteiger partial charge on any atom is -0.456 e. The van der Waals surface area contributed by atoms with Gasteiger partial charge in [0, 0.05) is 92.3 Å². The Labute approximate surface area is 376 Å². The molecule has 0 aliphatic carbocycles. The largest absolute Gasteiger partial charge is 0.456 e. The zero-order valence-corrected chi connectivity index (χ0v) is 35.6. The highest BCUT2D eigenvalue weighted by Gasteiger charge is 2.24. The summed E-state index contributed by atoms with van der Waals surface area (Å²) >= 11 is 1.83. The van der Waals surface area contributed by atoms with Crippen LogP contribution in [0.1, 0.15) is 0 Å². The molecule has 14 rings (SSSR count). The monoisotopic (exact) mass is 849 g/mol. The first-order chi connectivity index (χ1) is 32.2. The Morgan fingerprint density at radius 1 is 0.323 bits per heavy atom. The van der Waals surface area contributed by atoms with E-state index >= 15 is 0 Å². The molecule has 0 fully saturated rings. The second-order valence-corrected chi connectivity index (χ2v) is 17.8. The van der Waals surface area contributed by atoms with Crippen molar-refractivity contribution in [3.8, 4) is 33.4 Å². The van der Waals surface area contributed by atoms with E-state index in [2.05, 4.69) is 199 Å². The van der Waals surface area contributed by atoms with Crippen molar-refractivity contribution < 1.29 is 13.3 Å². The van der Waals surface area contributed by atoms with E-state index in [0.717, 1.165) is 111 Å². The third kappa shape index (κ3) is 5.56. The normalized spacial score (nSPS) is 12.0. The molecule has 0 aliphatic rings. The molecule has 5 heteroatoms. The first-order valence-corrected chi connectivity index (χ1v) is 22.7. The van der Waals surface area contributed by atoms with Gasteiger partial charge in [-0.15, -0.1) is 11.3 Å². The summed E-state index contributed by atoms with van der Waals surface area (Å²) < 4.78 is 22.8. The van der Waals surface area contributed by atoms with Crippen LogP contribution >= 0.6 is 11.3 Å². The Morgan fingerprint density at radius 2 is 0.908 bits per heavy atom. The zero-order valence-electron chi connectivity index (χ0n) is 34.8. The molecule has 0 N–H and O–H groups in total. The lowest BCUT2D eigenvalue weighted by Crippen LogP contribution is -2.09. The van der Waals surface area contributed by atoms with E-state index in [4.69, 9.17) is 13.3 Å². The van der Waals surface area contributed by atoms with Gasteiger partial charge in [-0.3, -0.25) is 0 Å². The summed E-state index contributed by atoms with van der Waals surface area (Å²) in [6, 6.07) is 75.2. The molecule has 0 unspecified atom stereocenters. The van der Waals surface area contributed by atoms with Gasteiger partial charge in [0.15, 0.2) is 0 Å². The van der Waals surface area contributed by atoms with Gasteiger partial charge < -0.3 is 18.2 Å². The summed E-state index contributed by atoms with van der Waals surface area (Å²) in [4.78, 5) is 2.31. The molecule has 4 nitrogen and oxygen atoms in total. The summed E-state index contributed by atoms with van der Waals surface area (Å²) in [5, 5.41) is 8.94. The molecule has 0 saturated heterocycles. The quantitative estimate of drug-likeness (QED) is 0.167. The van der Waals surface area contributed by atoms with Crippen molar-refractivity contribution in [1.29, 1.82) is 0 Å². The highest BCUT2D eigenvalue weighted by Crippen LogP contribution is 2.50. The van der Waals surface area contributed by atoms with Crippen molar-refractivity contribution in [2.45, 2.75) is 0 Å². The molecule has 14 aromatic rings. The molecule has 304 valence electrons. The van der Waals surface area contributed by atoms with Crippen LogP contribution in [0.3, 0.4) is 0 Å². The average Bonchev–Trinajstić information content (AvgIpc) is 4.14. The number of nitrogens with zero attached hydrogens (tertiary/aromatic N) is 1.